The van der Waals surface area contributed by atoms with Crippen LogP contribution in [-0.4, -0.2) is 78.8 Å². The number of fused-ring (bicyclic) bond motifs is 1. The highest BCUT2D eigenvalue weighted by molar-refractivity contribution is 6.00. The molecule has 1 aliphatic heterocycles. The lowest BCUT2D eigenvalue weighted by Crippen LogP contribution is -2.50. The van der Waals surface area contributed by atoms with E-state index < -0.39 is 12.1 Å². The second kappa shape index (κ2) is 11.7. The van der Waals surface area contributed by atoms with Crippen molar-refractivity contribution in [2.45, 2.75) is 38.8 Å². The van der Waals surface area contributed by atoms with Crippen LogP contribution in [0.2, 0.25) is 0 Å². The van der Waals surface area contributed by atoms with Gasteiger partial charge in [-0.2, -0.15) is 0 Å². The van der Waals surface area contributed by atoms with Crippen molar-refractivity contribution in [3.8, 4) is 11.5 Å². The van der Waals surface area contributed by atoms with Gasteiger partial charge in [0.25, 0.3) is 5.91 Å². The summed E-state index contributed by atoms with van der Waals surface area (Å²) in [5.74, 6) is 0.611. The van der Waals surface area contributed by atoms with Crippen molar-refractivity contribution < 1.29 is 29.0 Å². The van der Waals surface area contributed by atoms with E-state index in [2.05, 4.69) is 10.6 Å². The fourth-order valence-corrected chi connectivity index (χ4v) is 4.35. The van der Waals surface area contributed by atoms with Gasteiger partial charge in [0.1, 0.15) is 17.6 Å². The number of ether oxygens (including phenoxy) is 2. The van der Waals surface area contributed by atoms with Gasteiger partial charge in [0, 0.05) is 36.8 Å². The van der Waals surface area contributed by atoms with Crippen LogP contribution in [0.4, 0.5) is 16.2 Å². The number of anilines is 2. The van der Waals surface area contributed by atoms with Gasteiger partial charge < -0.3 is 35.0 Å². The SMILES string of the molecule is COc1ccc(NC(=O)N(C)C[C@@H]2Oc3ccc(NC(=O)C4CC4)cc3C(=O)N([C@@H](C)CO)C[C@H]2C)cc1. The molecule has 2 aromatic rings. The molecule has 10 nitrogen and oxygen atoms in total. The van der Waals surface area contributed by atoms with Crippen LogP contribution < -0.4 is 20.1 Å². The first-order chi connectivity index (χ1) is 18.2. The molecule has 0 aromatic heterocycles. The highest BCUT2D eigenvalue weighted by atomic mass is 16.5. The summed E-state index contributed by atoms with van der Waals surface area (Å²) in [6, 6.07) is 11.4. The Morgan fingerprint density at radius 1 is 1.16 bits per heavy atom. The Morgan fingerprint density at radius 2 is 1.84 bits per heavy atom. The fourth-order valence-electron chi connectivity index (χ4n) is 4.35. The lowest BCUT2D eigenvalue weighted by molar-refractivity contribution is -0.117. The molecular formula is C28H36N4O6. The number of benzene rings is 2. The Hall–Kier alpha value is -3.79. The maximum atomic E-state index is 13.5. The van der Waals surface area contributed by atoms with Crippen LogP contribution in [0.25, 0.3) is 0 Å². The molecule has 1 fully saturated rings. The van der Waals surface area contributed by atoms with Gasteiger partial charge in [0.2, 0.25) is 5.91 Å². The summed E-state index contributed by atoms with van der Waals surface area (Å²) >= 11 is 0. The van der Waals surface area contributed by atoms with Crippen LogP contribution >= 0.6 is 0 Å². The van der Waals surface area contributed by atoms with Gasteiger partial charge in [-0.3, -0.25) is 9.59 Å². The number of rotatable bonds is 8. The second-order valence-electron chi connectivity index (χ2n) is 10.1. The number of nitrogens with zero attached hydrogens (tertiary/aromatic N) is 2. The number of aliphatic hydroxyl groups is 1. The fraction of sp³-hybridized carbons (Fsp3) is 0.464. The standard InChI is InChI=1S/C28H36N4O6/c1-17-14-32(18(2)16-33)27(35)23-13-21(29-26(34)19-5-6-19)9-12-24(23)38-25(17)15-31(3)28(36)30-20-7-10-22(37-4)11-8-20/h7-13,17-19,25,33H,5-6,14-16H2,1-4H3,(H,29,34)(H,30,36)/t17-,18+,25+/m1/s1. The second-order valence-corrected chi connectivity index (χ2v) is 10.1. The molecular weight excluding hydrogens is 488 g/mol. The zero-order chi connectivity index (χ0) is 27.4. The summed E-state index contributed by atoms with van der Waals surface area (Å²) in [4.78, 5) is 41.9. The van der Waals surface area contributed by atoms with Gasteiger partial charge in [0.05, 0.1) is 31.9 Å². The van der Waals surface area contributed by atoms with E-state index in [1.807, 2.05) is 6.92 Å². The van der Waals surface area contributed by atoms with E-state index in [1.165, 1.54) is 0 Å². The minimum Gasteiger partial charge on any atom is -0.497 e. The van der Waals surface area contributed by atoms with E-state index in [9.17, 15) is 19.5 Å². The molecule has 3 N–H and O–H groups in total. The molecule has 0 radical (unpaired) electrons. The third kappa shape index (κ3) is 6.36. The van der Waals surface area contributed by atoms with Gasteiger partial charge in [-0.1, -0.05) is 6.92 Å². The number of hydrogen-bond donors (Lipinski definition) is 3. The maximum absolute atomic E-state index is 13.5. The number of urea groups is 1. The van der Waals surface area contributed by atoms with Crippen molar-refractivity contribution in [2.24, 2.45) is 11.8 Å². The van der Waals surface area contributed by atoms with Crippen LogP contribution in [0.3, 0.4) is 0 Å². The summed E-state index contributed by atoms with van der Waals surface area (Å²) in [7, 11) is 3.26. The monoisotopic (exact) mass is 524 g/mol. The number of hydrogen-bond acceptors (Lipinski definition) is 6. The van der Waals surface area contributed by atoms with Crippen LogP contribution in [0, 0.1) is 11.8 Å². The lowest BCUT2D eigenvalue weighted by atomic mass is 9.99. The largest absolute Gasteiger partial charge is 0.497 e. The minimum absolute atomic E-state index is 0.0275. The number of nitrogens with one attached hydrogen (secondary N) is 2. The average molecular weight is 525 g/mol. The van der Waals surface area contributed by atoms with Crippen molar-refractivity contribution in [3.63, 3.8) is 0 Å². The Kier molecular flexibility index (Phi) is 8.41. The molecule has 2 aromatic carbocycles. The molecule has 4 amide bonds. The predicted molar refractivity (Wildman–Crippen MR) is 144 cm³/mol. The first kappa shape index (κ1) is 27.3. The molecule has 2 aliphatic rings. The molecule has 1 saturated carbocycles. The summed E-state index contributed by atoms with van der Waals surface area (Å²) in [5.41, 5.74) is 1.46. The Labute approximate surface area is 222 Å². The zero-order valence-corrected chi connectivity index (χ0v) is 22.3. The van der Waals surface area contributed by atoms with E-state index in [0.717, 1.165) is 12.8 Å². The molecule has 1 heterocycles. The topological polar surface area (TPSA) is 120 Å². The predicted octanol–water partition coefficient (Wildman–Crippen LogP) is 3.43. The number of amides is 4. The van der Waals surface area contributed by atoms with E-state index >= 15 is 0 Å². The first-order valence-electron chi connectivity index (χ1n) is 12.9. The van der Waals surface area contributed by atoms with Crippen molar-refractivity contribution in [1.82, 2.24) is 9.80 Å². The van der Waals surface area contributed by atoms with Gasteiger partial charge in [0.15, 0.2) is 0 Å². The smallest absolute Gasteiger partial charge is 0.321 e. The molecule has 4 rings (SSSR count). The molecule has 0 saturated heterocycles. The molecule has 38 heavy (non-hydrogen) atoms. The quantitative estimate of drug-likeness (QED) is 0.487. The van der Waals surface area contributed by atoms with Gasteiger partial charge >= 0.3 is 6.03 Å². The molecule has 0 bridgehead atoms. The van der Waals surface area contributed by atoms with Gasteiger partial charge in [-0.05, 0) is 62.2 Å². The average Bonchev–Trinajstić information content (AvgIpc) is 3.76. The summed E-state index contributed by atoms with van der Waals surface area (Å²) in [5, 5.41) is 15.6. The van der Waals surface area contributed by atoms with Crippen LogP contribution in [0.5, 0.6) is 11.5 Å². The molecule has 1 aliphatic carbocycles. The van der Waals surface area contributed by atoms with Crippen LogP contribution in [-0.2, 0) is 4.79 Å². The number of carbonyl (C=O) groups excluding carboxylic acids is 3. The number of aliphatic hydroxyl groups excluding tert-OH is 1. The van der Waals surface area contributed by atoms with Crippen LogP contribution in [0.15, 0.2) is 42.5 Å². The normalized spacial score (nSPS) is 19.8. The minimum atomic E-state index is -0.436. The molecule has 3 atom stereocenters. The van der Waals surface area contributed by atoms with E-state index in [-0.39, 0.29) is 42.8 Å². The van der Waals surface area contributed by atoms with Gasteiger partial charge in [-0.25, -0.2) is 4.79 Å². The lowest BCUT2D eigenvalue weighted by Gasteiger charge is -2.38. The Bertz CT molecular complexity index is 1170. The molecule has 204 valence electrons. The summed E-state index contributed by atoms with van der Waals surface area (Å²) in [6.45, 7) is 4.14. The Morgan fingerprint density at radius 3 is 2.47 bits per heavy atom. The van der Waals surface area contributed by atoms with Crippen LogP contribution in [0.1, 0.15) is 37.0 Å². The maximum Gasteiger partial charge on any atom is 0.321 e. The third-order valence-corrected chi connectivity index (χ3v) is 7.02. The van der Waals surface area contributed by atoms with Gasteiger partial charge in [-0.15, -0.1) is 0 Å². The first-order valence-corrected chi connectivity index (χ1v) is 12.9. The third-order valence-electron chi connectivity index (χ3n) is 7.02. The highest BCUT2D eigenvalue weighted by Gasteiger charge is 2.35. The summed E-state index contributed by atoms with van der Waals surface area (Å²) < 4.78 is 11.5. The Balaban J connectivity index is 1.54. The van der Waals surface area contributed by atoms with Crippen molar-refractivity contribution in [1.29, 1.82) is 0 Å². The van der Waals surface area contributed by atoms with Crippen molar-refractivity contribution >= 4 is 29.2 Å². The van der Waals surface area contributed by atoms with Crippen molar-refractivity contribution in [3.05, 3.63) is 48.0 Å². The molecule has 0 unspecified atom stereocenters. The number of carbonyl (C=O) groups is 3. The molecule has 10 heteroatoms. The number of methoxy groups -OCH3 is 1. The van der Waals surface area contributed by atoms with E-state index in [1.54, 1.807) is 73.3 Å². The van der Waals surface area contributed by atoms with E-state index in [0.29, 0.717) is 35.0 Å². The molecule has 0 spiro atoms. The van der Waals surface area contributed by atoms with Crippen molar-refractivity contribution in [2.75, 3.05) is 44.5 Å². The highest BCUT2D eigenvalue weighted by Crippen LogP contribution is 2.33. The summed E-state index contributed by atoms with van der Waals surface area (Å²) in [6.07, 6.45) is 1.31. The zero-order valence-electron chi connectivity index (χ0n) is 22.3. The van der Waals surface area contributed by atoms with E-state index in [4.69, 9.17) is 9.47 Å². The number of likely N-dealkylation sites (N-methyl/N-ethyl adjacent to an activating group) is 1.